The molecule has 144 valence electrons. The van der Waals surface area contributed by atoms with Gasteiger partial charge in [0.15, 0.2) is 0 Å². The Morgan fingerprint density at radius 1 is 0.750 bits per heavy atom. The standard InChI is InChI=1S/C26H29NO/c1-21(28)25-19-11-12-20-27(25)26(22-13-5-2-6-14-22,23-15-7-3-8-16-23)24-17-9-4-10-18-24/h2-10,13-18,21,25,28H,11-12,19-20H2,1H3. The van der Waals surface area contributed by atoms with Gasteiger partial charge in [0.25, 0.3) is 0 Å². The second-order valence-electron chi connectivity index (χ2n) is 7.81. The summed E-state index contributed by atoms with van der Waals surface area (Å²) in [5, 5.41) is 10.7. The Bertz CT molecular complexity index is 764. The van der Waals surface area contributed by atoms with Gasteiger partial charge in [0, 0.05) is 12.6 Å². The molecule has 3 aromatic carbocycles. The normalized spacial score (nSPS) is 19.3. The predicted octanol–water partition coefficient (Wildman–Crippen LogP) is 5.21. The van der Waals surface area contributed by atoms with Gasteiger partial charge in [-0.3, -0.25) is 4.90 Å². The van der Waals surface area contributed by atoms with Crippen LogP contribution in [0.2, 0.25) is 0 Å². The number of aliphatic hydroxyl groups is 1. The van der Waals surface area contributed by atoms with Gasteiger partial charge in [0.2, 0.25) is 0 Å². The van der Waals surface area contributed by atoms with Crippen molar-refractivity contribution >= 4 is 0 Å². The van der Waals surface area contributed by atoms with E-state index < -0.39 is 5.54 Å². The van der Waals surface area contributed by atoms with E-state index in [1.54, 1.807) is 0 Å². The van der Waals surface area contributed by atoms with Crippen LogP contribution in [0.3, 0.4) is 0 Å². The summed E-state index contributed by atoms with van der Waals surface area (Å²) in [5.41, 5.74) is 3.33. The molecular weight excluding hydrogens is 342 g/mol. The Morgan fingerprint density at radius 2 is 1.18 bits per heavy atom. The minimum atomic E-state index is -0.425. The smallest absolute Gasteiger partial charge is 0.0976 e. The van der Waals surface area contributed by atoms with Crippen molar-refractivity contribution in [2.24, 2.45) is 0 Å². The van der Waals surface area contributed by atoms with Crippen LogP contribution in [-0.4, -0.2) is 28.7 Å². The molecule has 2 unspecified atom stereocenters. The van der Waals surface area contributed by atoms with Crippen LogP contribution >= 0.6 is 0 Å². The Labute approximate surface area is 168 Å². The van der Waals surface area contributed by atoms with E-state index in [0.717, 1.165) is 19.4 Å². The molecule has 0 spiro atoms. The molecule has 4 rings (SSSR count). The van der Waals surface area contributed by atoms with Crippen molar-refractivity contribution in [1.82, 2.24) is 4.90 Å². The Kier molecular flexibility index (Phi) is 5.61. The van der Waals surface area contributed by atoms with Crippen molar-refractivity contribution in [2.75, 3.05) is 6.54 Å². The maximum absolute atomic E-state index is 10.7. The minimum absolute atomic E-state index is 0.120. The van der Waals surface area contributed by atoms with Gasteiger partial charge >= 0.3 is 0 Å². The molecule has 1 aliphatic rings. The lowest BCUT2D eigenvalue weighted by molar-refractivity contribution is -0.00835. The molecule has 1 saturated heterocycles. The number of rotatable bonds is 5. The first-order valence-corrected chi connectivity index (χ1v) is 10.4. The van der Waals surface area contributed by atoms with Crippen LogP contribution in [0.25, 0.3) is 0 Å². The summed E-state index contributed by atoms with van der Waals surface area (Å²) in [6.45, 7) is 2.91. The molecule has 0 bridgehead atoms. The molecule has 1 aliphatic heterocycles. The highest BCUT2D eigenvalue weighted by atomic mass is 16.3. The fourth-order valence-corrected chi connectivity index (χ4v) is 4.91. The lowest BCUT2D eigenvalue weighted by Gasteiger charge is -2.52. The SMILES string of the molecule is CC(O)C1CCCCN1C(c1ccccc1)(c1ccccc1)c1ccccc1. The van der Waals surface area contributed by atoms with E-state index in [2.05, 4.69) is 95.9 Å². The van der Waals surface area contributed by atoms with Gasteiger partial charge in [0.1, 0.15) is 0 Å². The van der Waals surface area contributed by atoms with Gasteiger partial charge in [-0.05, 0) is 36.5 Å². The molecule has 0 radical (unpaired) electrons. The number of likely N-dealkylation sites (tertiary alicyclic amines) is 1. The third-order valence-corrected chi connectivity index (χ3v) is 6.11. The number of nitrogens with zero attached hydrogens (tertiary/aromatic N) is 1. The molecule has 1 heterocycles. The zero-order valence-corrected chi connectivity index (χ0v) is 16.5. The Hall–Kier alpha value is -2.42. The molecule has 1 N–H and O–H groups in total. The lowest BCUT2D eigenvalue weighted by atomic mass is 9.73. The van der Waals surface area contributed by atoms with Gasteiger partial charge in [-0.1, -0.05) is 97.4 Å². The zero-order chi connectivity index (χ0) is 19.4. The average Bonchev–Trinajstić information content (AvgIpc) is 2.77. The minimum Gasteiger partial charge on any atom is -0.392 e. The summed E-state index contributed by atoms with van der Waals surface area (Å²) >= 11 is 0. The van der Waals surface area contributed by atoms with Crippen molar-refractivity contribution in [3.63, 3.8) is 0 Å². The Morgan fingerprint density at radius 3 is 1.57 bits per heavy atom. The van der Waals surface area contributed by atoms with Crippen LogP contribution in [0.15, 0.2) is 91.0 Å². The number of hydrogen-bond acceptors (Lipinski definition) is 2. The first-order valence-electron chi connectivity index (χ1n) is 10.4. The maximum Gasteiger partial charge on any atom is 0.0976 e. The van der Waals surface area contributed by atoms with Gasteiger partial charge < -0.3 is 5.11 Å². The highest BCUT2D eigenvalue weighted by Crippen LogP contribution is 2.45. The third kappa shape index (κ3) is 3.28. The number of piperidine rings is 1. The monoisotopic (exact) mass is 371 g/mol. The van der Waals surface area contributed by atoms with Crippen molar-refractivity contribution < 1.29 is 5.11 Å². The van der Waals surface area contributed by atoms with Gasteiger partial charge in [0.05, 0.1) is 11.6 Å². The lowest BCUT2D eigenvalue weighted by Crippen LogP contribution is -2.57. The van der Waals surface area contributed by atoms with Gasteiger partial charge in [-0.15, -0.1) is 0 Å². The Balaban J connectivity index is 2.04. The summed E-state index contributed by atoms with van der Waals surface area (Å²) < 4.78 is 0. The summed E-state index contributed by atoms with van der Waals surface area (Å²) in [4.78, 5) is 2.56. The second-order valence-corrected chi connectivity index (χ2v) is 7.81. The molecule has 0 amide bonds. The highest BCUT2D eigenvalue weighted by Gasteiger charge is 2.46. The van der Waals surface area contributed by atoms with E-state index in [0.29, 0.717) is 0 Å². The molecule has 0 aliphatic carbocycles. The number of aliphatic hydroxyl groups excluding tert-OH is 1. The summed E-state index contributed by atoms with van der Waals surface area (Å²) in [7, 11) is 0. The van der Waals surface area contributed by atoms with Crippen LogP contribution in [0.5, 0.6) is 0 Å². The molecule has 28 heavy (non-hydrogen) atoms. The predicted molar refractivity (Wildman–Crippen MR) is 115 cm³/mol. The number of hydrogen-bond donors (Lipinski definition) is 1. The van der Waals surface area contributed by atoms with E-state index in [4.69, 9.17) is 0 Å². The van der Waals surface area contributed by atoms with E-state index in [-0.39, 0.29) is 12.1 Å². The van der Waals surface area contributed by atoms with Gasteiger partial charge in [-0.25, -0.2) is 0 Å². The molecule has 2 atom stereocenters. The molecule has 0 aromatic heterocycles. The first-order chi connectivity index (χ1) is 13.7. The van der Waals surface area contributed by atoms with E-state index in [1.807, 2.05) is 6.92 Å². The van der Waals surface area contributed by atoms with Crippen molar-refractivity contribution in [3.8, 4) is 0 Å². The largest absolute Gasteiger partial charge is 0.392 e. The fourth-order valence-electron chi connectivity index (χ4n) is 4.91. The van der Waals surface area contributed by atoms with Crippen LogP contribution in [0, 0.1) is 0 Å². The zero-order valence-electron chi connectivity index (χ0n) is 16.5. The third-order valence-electron chi connectivity index (χ3n) is 6.11. The average molecular weight is 372 g/mol. The topological polar surface area (TPSA) is 23.5 Å². The van der Waals surface area contributed by atoms with Crippen LogP contribution in [0.4, 0.5) is 0 Å². The maximum atomic E-state index is 10.7. The van der Waals surface area contributed by atoms with E-state index in [9.17, 15) is 5.11 Å². The fraction of sp³-hybridized carbons (Fsp3) is 0.308. The summed E-state index contributed by atoms with van der Waals surface area (Å²) in [6.07, 6.45) is 2.96. The molecular formula is C26H29NO. The van der Waals surface area contributed by atoms with Crippen molar-refractivity contribution in [2.45, 2.75) is 43.9 Å². The molecule has 2 heteroatoms. The molecule has 0 saturated carbocycles. The number of benzene rings is 3. The summed E-state index contributed by atoms with van der Waals surface area (Å²) in [6, 6.07) is 32.5. The quantitative estimate of drug-likeness (QED) is 0.622. The van der Waals surface area contributed by atoms with Crippen molar-refractivity contribution in [3.05, 3.63) is 108 Å². The first kappa shape index (κ1) is 18.9. The van der Waals surface area contributed by atoms with Crippen LogP contribution in [-0.2, 0) is 5.54 Å². The van der Waals surface area contributed by atoms with E-state index >= 15 is 0 Å². The van der Waals surface area contributed by atoms with Crippen molar-refractivity contribution in [1.29, 1.82) is 0 Å². The summed E-state index contributed by atoms with van der Waals surface area (Å²) in [5.74, 6) is 0. The molecule has 2 nitrogen and oxygen atoms in total. The second kappa shape index (κ2) is 8.30. The molecule has 3 aromatic rings. The molecule has 1 fully saturated rings. The van der Waals surface area contributed by atoms with Crippen LogP contribution < -0.4 is 0 Å². The van der Waals surface area contributed by atoms with E-state index in [1.165, 1.54) is 23.1 Å². The highest BCUT2D eigenvalue weighted by molar-refractivity contribution is 5.50. The van der Waals surface area contributed by atoms with Crippen LogP contribution in [0.1, 0.15) is 42.9 Å². The van der Waals surface area contributed by atoms with Gasteiger partial charge in [-0.2, -0.15) is 0 Å².